The number of hydrogen-bond donors (Lipinski definition) is 3. The van der Waals surface area contributed by atoms with Gasteiger partial charge in [-0.2, -0.15) is 0 Å². The van der Waals surface area contributed by atoms with E-state index < -0.39 is 12.0 Å². The lowest BCUT2D eigenvalue weighted by Crippen LogP contribution is -2.34. The Morgan fingerprint density at radius 3 is 2.17 bits per heavy atom. The average molecular weight is 250 g/mol. The lowest BCUT2D eigenvalue weighted by molar-refractivity contribution is -0.138. The summed E-state index contributed by atoms with van der Waals surface area (Å²) in [5.74, 6) is -0.470. The van der Waals surface area contributed by atoms with Crippen LogP contribution < -0.4 is 11.1 Å². The Bertz CT molecular complexity index is 387. The van der Waals surface area contributed by atoms with Crippen molar-refractivity contribution in [2.24, 2.45) is 5.73 Å². The second-order valence-electron chi connectivity index (χ2n) is 4.84. The molecule has 1 aromatic rings. The minimum atomic E-state index is -0.964. The third-order valence-electron chi connectivity index (χ3n) is 3.16. The number of carboxylic acids is 1. The first-order valence-corrected chi connectivity index (χ1v) is 6.21. The fourth-order valence-corrected chi connectivity index (χ4v) is 1.89. The molecule has 0 saturated heterocycles. The summed E-state index contributed by atoms with van der Waals surface area (Å²) in [5, 5.41) is 11.9. The zero-order chi connectivity index (χ0) is 13.7. The quantitative estimate of drug-likeness (QED) is 0.720. The molecular formula is C14H22N2O2. The number of benzene rings is 1. The first-order valence-electron chi connectivity index (χ1n) is 6.21. The summed E-state index contributed by atoms with van der Waals surface area (Å²) >= 11 is 0. The Balaban J connectivity index is 2.79. The fraction of sp³-hybridized carbons (Fsp3) is 0.500. The predicted molar refractivity (Wildman–Crippen MR) is 72.6 cm³/mol. The average Bonchev–Trinajstić information content (AvgIpc) is 2.35. The highest BCUT2D eigenvalue weighted by Gasteiger charge is 2.18. The van der Waals surface area contributed by atoms with Crippen molar-refractivity contribution in [2.75, 3.05) is 7.05 Å². The van der Waals surface area contributed by atoms with E-state index in [4.69, 9.17) is 10.8 Å². The van der Waals surface area contributed by atoms with E-state index in [2.05, 4.69) is 31.3 Å². The van der Waals surface area contributed by atoms with Crippen molar-refractivity contribution in [3.05, 3.63) is 35.4 Å². The standard InChI is InChI=1S/C14H22N2O2/c1-9(2)10-4-6-11(7-5-10)13(16-3)8-12(15)14(17)18/h4-7,9,12-13,16H,8,15H2,1-3H3,(H,17,18). The van der Waals surface area contributed by atoms with E-state index in [-0.39, 0.29) is 6.04 Å². The van der Waals surface area contributed by atoms with E-state index in [0.29, 0.717) is 12.3 Å². The predicted octanol–water partition coefficient (Wildman–Crippen LogP) is 1.87. The van der Waals surface area contributed by atoms with Gasteiger partial charge in [0, 0.05) is 6.04 Å². The normalized spacial score (nSPS) is 14.5. The molecule has 0 radical (unpaired) electrons. The molecule has 4 N–H and O–H groups in total. The van der Waals surface area contributed by atoms with E-state index in [9.17, 15) is 4.79 Å². The second-order valence-corrected chi connectivity index (χ2v) is 4.84. The molecule has 0 amide bonds. The molecular weight excluding hydrogens is 228 g/mol. The van der Waals surface area contributed by atoms with Crippen LogP contribution in [0.4, 0.5) is 0 Å². The van der Waals surface area contributed by atoms with Crippen molar-refractivity contribution >= 4 is 5.97 Å². The van der Waals surface area contributed by atoms with Crippen LogP contribution in [-0.2, 0) is 4.79 Å². The van der Waals surface area contributed by atoms with Crippen molar-refractivity contribution in [3.63, 3.8) is 0 Å². The van der Waals surface area contributed by atoms with Gasteiger partial charge < -0.3 is 16.2 Å². The maximum atomic E-state index is 10.8. The number of nitrogens with two attached hydrogens (primary N) is 1. The summed E-state index contributed by atoms with van der Waals surface area (Å²) in [6.07, 6.45) is 0.382. The molecule has 0 aliphatic rings. The topological polar surface area (TPSA) is 75.3 Å². The number of hydrogen-bond acceptors (Lipinski definition) is 3. The van der Waals surface area contributed by atoms with Crippen LogP contribution >= 0.6 is 0 Å². The minimum Gasteiger partial charge on any atom is -0.480 e. The Hall–Kier alpha value is -1.39. The maximum absolute atomic E-state index is 10.8. The Morgan fingerprint density at radius 1 is 1.28 bits per heavy atom. The lowest BCUT2D eigenvalue weighted by Gasteiger charge is -2.19. The van der Waals surface area contributed by atoms with E-state index in [1.165, 1.54) is 5.56 Å². The van der Waals surface area contributed by atoms with Crippen molar-refractivity contribution in [1.29, 1.82) is 0 Å². The molecule has 1 rings (SSSR count). The van der Waals surface area contributed by atoms with Gasteiger partial charge >= 0.3 is 5.97 Å². The molecule has 0 saturated carbocycles. The lowest BCUT2D eigenvalue weighted by atomic mass is 9.96. The molecule has 100 valence electrons. The molecule has 2 atom stereocenters. The van der Waals surface area contributed by atoms with Crippen LogP contribution in [-0.4, -0.2) is 24.2 Å². The van der Waals surface area contributed by atoms with Gasteiger partial charge in [-0.3, -0.25) is 4.79 Å². The van der Waals surface area contributed by atoms with Gasteiger partial charge in [0.2, 0.25) is 0 Å². The van der Waals surface area contributed by atoms with Crippen molar-refractivity contribution in [2.45, 2.75) is 38.3 Å². The van der Waals surface area contributed by atoms with Crippen molar-refractivity contribution < 1.29 is 9.90 Å². The second kappa shape index (κ2) is 6.52. The largest absolute Gasteiger partial charge is 0.480 e. The van der Waals surface area contributed by atoms with Gasteiger partial charge in [-0.1, -0.05) is 38.1 Å². The third kappa shape index (κ3) is 3.82. The van der Waals surface area contributed by atoms with E-state index in [1.54, 1.807) is 0 Å². The smallest absolute Gasteiger partial charge is 0.320 e. The summed E-state index contributed by atoms with van der Waals surface area (Å²) in [4.78, 5) is 10.8. The van der Waals surface area contributed by atoms with Crippen LogP contribution in [0.1, 0.15) is 43.4 Å². The molecule has 1 aromatic carbocycles. The molecule has 0 heterocycles. The van der Waals surface area contributed by atoms with Crippen LogP contribution in [0.15, 0.2) is 24.3 Å². The third-order valence-corrected chi connectivity index (χ3v) is 3.16. The number of carbonyl (C=O) groups is 1. The first kappa shape index (κ1) is 14.7. The molecule has 0 spiro atoms. The van der Waals surface area contributed by atoms with E-state index >= 15 is 0 Å². The van der Waals surface area contributed by atoms with Crippen molar-refractivity contribution in [3.8, 4) is 0 Å². The number of rotatable bonds is 6. The molecule has 0 bridgehead atoms. The van der Waals surface area contributed by atoms with Gasteiger partial charge in [-0.05, 0) is 30.5 Å². The molecule has 2 unspecified atom stereocenters. The Morgan fingerprint density at radius 2 is 1.78 bits per heavy atom. The van der Waals surface area contributed by atoms with Gasteiger partial charge in [0.15, 0.2) is 0 Å². The van der Waals surface area contributed by atoms with Gasteiger partial charge in [0.05, 0.1) is 0 Å². The van der Waals surface area contributed by atoms with E-state index in [0.717, 1.165) is 5.56 Å². The number of carboxylic acid groups (broad SMARTS) is 1. The maximum Gasteiger partial charge on any atom is 0.320 e. The summed E-state index contributed by atoms with van der Waals surface area (Å²) in [7, 11) is 1.82. The minimum absolute atomic E-state index is 0.0303. The van der Waals surface area contributed by atoms with Gasteiger partial charge in [-0.25, -0.2) is 0 Å². The van der Waals surface area contributed by atoms with Crippen LogP contribution in [0.2, 0.25) is 0 Å². The molecule has 18 heavy (non-hydrogen) atoms. The van der Waals surface area contributed by atoms with E-state index in [1.807, 2.05) is 19.2 Å². The van der Waals surface area contributed by atoms with Crippen molar-refractivity contribution in [1.82, 2.24) is 5.32 Å². The molecule has 0 fully saturated rings. The highest BCUT2D eigenvalue weighted by Crippen LogP contribution is 2.21. The SMILES string of the molecule is CNC(CC(N)C(=O)O)c1ccc(C(C)C)cc1. The zero-order valence-corrected chi connectivity index (χ0v) is 11.2. The van der Waals surface area contributed by atoms with Gasteiger partial charge in [0.1, 0.15) is 6.04 Å². The first-order chi connectivity index (χ1) is 8.45. The summed E-state index contributed by atoms with van der Waals surface area (Å²) in [5.41, 5.74) is 7.91. The zero-order valence-electron chi connectivity index (χ0n) is 11.2. The van der Waals surface area contributed by atoms with Gasteiger partial charge in [-0.15, -0.1) is 0 Å². The molecule has 4 nitrogen and oxygen atoms in total. The van der Waals surface area contributed by atoms with Crippen LogP contribution in [0.5, 0.6) is 0 Å². The molecule has 4 heteroatoms. The summed E-state index contributed by atoms with van der Waals surface area (Å²) in [6.45, 7) is 4.29. The Labute approximate surface area is 108 Å². The number of nitrogens with one attached hydrogen (secondary N) is 1. The number of aliphatic carboxylic acids is 1. The fourth-order valence-electron chi connectivity index (χ4n) is 1.89. The summed E-state index contributed by atoms with van der Waals surface area (Å²) < 4.78 is 0. The van der Waals surface area contributed by atoms with Crippen LogP contribution in [0.3, 0.4) is 0 Å². The molecule has 0 aliphatic carbocycles. The Kier molecular flexibility index (Phi) is 5.31. The highest BCUT2D eigenvalue weighted by molar-refractivity contribution is 5.73. The molecule has 0 aromatic heterocycles. The molecule has 0 aliphatic heterocycles. The highest BCUT2D eigenvalue weighted by atomic mass is 16.4. The monoisotopic (exact) mass is 250 g/mol. The van der Waals surface area contributed by atoms with Crippen LogP contribution in [0.25, 0.3) is 0 Å². The summed E-state index contributed by atoms with van der Waals surface area (Å²) in [6, 6.07) is 7.35. The van der Waals surface area contributed by atoms with Gasteiger partial charge in [0.25, 0.3) is 0 Å². The van der Waals surface area contributed by atoms with Crippen LogP contribution in [0, 0.1) is 0 Å².